The number of amidine groups is 1. The van der Waals surface area contributed by atoms with Crippen molar-refractivity contribution < 1.29 is 18.9 Å². The van der Waals surface area contributed by atoms with Gasteiger partial charge < -0.3 is 24.7 Å². The zero-order chi connectivity index (χ0) is 22.9. The second-order valence-electron chi connectivity index (χ2n) is 8.00. The van der Waals surface area contributed by atoms with Crippen molar-refractivity contribution >= 4 is 6.02 Å². The molecule has 0 radical (unpaired) electrons. The summed E-state index contributed by atoms with van der Waals surface area (Å²) in [6.45, 7) is 3.52. The summed E-state index contributed by atoms with van der Waals surface area (Å²) >= 11 is 0. The van der Waals surface area contributed by atoms with E-state index in [2.05, 4.69) is 11.9 Å². The van der Waals surface area contributed by atoms with E-state index in [4.69, 9.17) is 24.7 Å². The van der Waals surface area contributed by atoms with Gasteiger partial charge in [-0.25, -0.2) is 4.99 Å². The van der Waals surface area contributed by atoms with E-state index in [0.29, 0.717) is 37.1 Å². The highest BCUT2D eigenvalue weighted by Crippen LogP contribution is 2.31. The summed E-state index contributed by atoms with van der Waals surface area (Å²) < 4.78 is 23.7. The Hall–Kier alpha value is -3.67. The summed E-state index contributed by atoms with van der Waals surface area (Å²) in [5, 5.41) is 0. The summed E-state index contributed by atoms with van der Waals surface area (Å²) in [6.07, 6.45) is 1.54. The molecular formula is C27H30N2O4. The number of aliphatic imine (C=N–C) groups is 1. The fourth-order valence-electron chi connectivity index (χ4n) is 3.61. The molecule has 1 heterocycles. The van der Waals surface area contributed by atoms with Gasteiger partial charge in [-0.2, -0.15) is 0 Å². The van der Waals surface area contributed by atoms with Crippen molar-refractivity contribution in [2.24, 2.45) is 10.7 Å². The number of hydrogen-bond donors (Lipinski definition) is 1. The van der Waals surface area contributed by atoms with Crippen molar-refractivity contribution in [1.82, 2.24) is 0 Å². The Kier molecular flexibility index (Phi) is 7.69. The van der Waals surface area contributed by atoms with Crippen molar-refractivity contribution in [3.05, 3.63) is 90.0 Å². The zero-order valence-electron chi connectivity index (χ0n) is 18.9. The van der Waals surface area contributed by atoms with Crippen molar-refractivity contribution in [3.8, 4) is 17.2 Å². The Morgan fingerprint density at radius 3 is 1.91 bits per heavy atom. The van der Waals surface area contributed by atoms with Crippen LogP contribution in [0.4, 0.5) is 0 Å². The van der Waals surface area contributed by atoms with Gasteiger partial charge in [0.25, 0.3) is 6.02 Å². The van der Waals surface area contributed by atoms with Crippen LogP contribution >= 0.6 is 0 Å². The van der Waals surface area contributed by atoms with E-state index in [1.807, 2.05) is 78.9 Å². The number of rotatable bonds is 11. The van der Waals surface area contributed by atoms with Crippen LogP contribution in [0.25, 0.3) is 0 Å². The predicted molar refractivity (Wildman–Crippen MR) is 129 cm³/mol. The molecule has 2 N–H and O–H groups in total. The summed E-state index contributed by atoms with van der Waals surface area (Å²) in [4.78, 5) is 4.32. The average Bonchev–Trinajstić information content (AvgIpc) is 3.26. The molecule has 4 rings (SSSR count). The lowest BCUT2D eigenvalue weighted by atomic mass is 10.1. The van der Waals surface area contributed by atoms with Crippen LogP contribution in [0.15, 0.2) is 83.9 Å². The molecule has 172 valence electrons. The third-order valence-corrected chi connectivity index (χ3v) is 5.38. The molecule has 33 heavy (non-hydrogen) atoms. The van der Waals surface area contributed by atoms with E-state index in [-0.39, 0.29) is 18.2 Å². The number of nitrogens with zero attached hydrogens (tertiary/aromatic N) is 1. The third-order valence-electron chi connectivity index (χ3n) is 5.38. The predicted octanol–water partition coefficient (Wildman–Crippen LogP) is 5.11. The number of nitrogens with two attached hydrogens (primary N) is 1. The summed E-state index contributed by atoms with van der Waals surface area (Å²) in [5.74, 6) is 2.09. The van der Waals surface area contributed by atoms with Gasteiger partial charge in [0.1, 0.15) is 43.2 Å². The minimum atomic E-state index is -0.0282. The molecule has 0 fully saturated rings. The number of hydrogen-bond acceptors (Lipinski definition) is 6. The van der Waals surface area contributed by atoms with Gasteiger partial charge in [0.2, 0.25) is 0 Å². The highest BCUT2D eigenvalue weighted by Gasteiger charge is 2.22. The monoisotopic (exact) mass is 446 g/mol. The van der Waals surface area contributed by atoms with Crippen LogP contribution in [0.5, 0.6) is 17.2 Å². The second kappa shape index (κ2) is 11.3. The van der Waals surface area contributed by atoms with Crippen molar-refractivity contribution in [1.29, 1.82) is 0 Å². The van der Waals surface area contributed by atoms with Gasteiger partial charge in [-0.1, -0.05) is 67.6 Å². The molecule has 0 spiro atoms. The molecule has 6 heteroatoms. The first-order chi connectivity index (χ1) is 16.2. The molecule has 1 aliphatic rings. The first kappa shape index (κ1) is 22.5. The molecule has 0 bridgehead atoms. The first-order valence-corrected chi connectivity index (χ1v) is 11.3. The minimum Gasteiger partial charge on any atom is -0.490 e. The molecule has 3 aromatic rings. The Labute approximate surface area is 195 Å². The Morgan fingerprint density at radius 2 is 1.42 bits per heavy atom. The van der Waals surface area contributed by atoms with Gasteiger partial charge in [-0.05, 0) is 17.5 Å². The molecular weight excluding hydrogens is 416 g/mol. The lowest BCUT2D eigenvalue weighted by molar-refractivity contribution is 0.166. The maximum absolute atomic E-state index is 6.32. The number of benzene rings is 3. The molecule has 2 unspecified atom stereocenters. The van der Waals surface area contributed by atoms with Crippen LogP contribution in [0, 0.1) is 0 Å². The summed E-state index contributed by atoms with van der Waals surface area (Å²) in [5.41, 5.74) is 7.84. The molecule has 2 atom stereocenters. The molecule has 0 saturated carbocycles. The van der Waals surface area contributed by atoms with Gasteiger partial charge in [-0.15, -0.1) is 0 Å². The van der Waals surface area contributed by atoms with Crippen molar-refractivity contribution in [3.63, 3.8) is 0 Å². The maximum Gasteiger partial charge on any atom is 0.282 e. The van der Waals surface area contributed by atoms with E-state index in [1.165, 1.54) is 0 Å². The molecule has 0 aliphatic carbocycles. The smallest absolute Gasteiger partial charge is 0.282 e. The van der Waals surface area contributed by atoms with Crippen LogP contribution in [0.3, 0.4) is 0 Å². The van der Waals surface area contributed by atoms with Gasteiger partial charge in [-0.3, -0.25) is 0 Å². The normalized spacial score (nSPS) is 15.9. The van der Waals surface area contributed by atoms with Crippen molar-refractivity contribution in [2.45, 2.75) is 45.1 Å². The second-order valence-corrected chi connectivity index (χ2v) is 8.00. The van der Waals surface area contributed by atoms with E-state index < -0.39 is 0 Å². The fourth-order valence-corrected chi connectivity index (χ4v) is 3.61. The highest BCUT2D eigenvalue weighted by molar-refractivity contribution is 5.73. The minimum absolute atomic E-state index is 0.0151. The van der Waals surface area contributed by atoms with E-state index in [0.717, 1.165) is 24.0 Å². The van der Waals surface area contributed by atoms with Crippen LogP contribution < -0.4 is 19.9 Å². The zero-order valence-corrected chi connectivity index (χ0v) is 18.9. The SMILES string of the molecule is CCC(CC1COC(N)=N1)Oc1cc(OCc2ccccc2)cc(OCc2ccccc2)c1. The van der Waals surface area contributed by atoms with Crippen LogP contribution in [0.2, 0.25) is 0 Å². The molecule has 1 aliphatic heterocycles. The largest absolute Gasteiger partial charge is 0.490 e. The fraction of sp³-hybridized carbons (Fsp3) is 0.296. The topological polar surface area (TPSA) is 75.3 Å². The molecule has 6 nitrogen and oxygen atoms in total. The molecule has 0 amide bonds. The van der Waals surface area contributed by atoms with Gasteiger partial charge in [0, 0.05) is 24.6 Å². The first-order valence-electron chi connectivity index (χ1n) is 11.3. The summed E-state index contributed by atoms with van der Waals surface area (Å²) in [6, 6.07) is 26.1. The highest BCUT2D eigenvalue weighted by atomic mass is 16.5. The van der Waals surface area contributed by atoms with Crippen molar-refractivity contribution in [2.75, 3.05) is 6.61 Å². The Balaban J connectivity index is 1.48. The number of ether oxygens (including phenoxy) is 4. The van der Waals surface area contributed by atoms with Gasteiger partial charge in [0.15, 0.2) is 0 Å². The molecule has 3 aromatic carbocycles. The quantitative estimate of drug-likeness (QED) is 0.443. The van der Waals surface area contributed by atoms with Crippen LogP contribution in [0.1, 0.15) is 30.9 Å². The lowest BCUT2D eigenvalue weighted by Gasteiger charge is -2.20. The Morgan fingerprint density at radius 1 is 0.879 bits per heavy atom. The van der Waals surface area contributed by atoms with E-state index in [1.54, 1.807) is 0 Å². The average molecular weight is 447 g/mol. The van der Waals surface area contributed by atoms with Gasteiger partial charge in [0.05, 0.1) is 6.04 Å². The molecule has 0 saturated heterocycles. The summed E-state index contributed by atoms with van der Waals surface area (Å²) in [7, 11) is 0. The third kappa shape index (κ3) is 6.91. The maximum atomic E-state index is 6.32. The standard InChI is InChI=1S/C27H30N2O4/c1-2-23(13-22-19-32-27(28)29-22)33-26-15-24(30-17-20-9-5-3-6-10-20)14-25(16-26)31-18-21-11-7-4-8-12-21/h3-12,14-16,22-23H,2,13,17-19H2,1H3,(H2,28,29). The van der Waals surface area contributed by atoms with E-state index >= 15 is 0 Å². The van der Waals surface area contributed by atoms with E-state index in [9.17, 15) is 0 Å². The lowest BCUT2D eigenvalue weighted by Crippen LogP contribution is -2.22. The van der Waals surface area contributed by atoms with Crippen LogP contribution in [-0.2, 0) is 18.0 Å². The van der Waals surface area contributed by atoms with Crippen LogP contribution in [-0.4, -0.2) is 24.8 Å². The molecule has 0 aromatic heterocycles. The Bertz CT molecular complexity index is 979. The van der Waals surface area contributed by atoms with Gasteiger partial charge >= 0.3 is 0 Å².